The van der Waals surface area contributed by atoms with E-state index < -0.39 is 24.7 Å². The number of likely N-dealkylation sites (tertiary alicyclic amines) is 1. The molecular weight excluding hydrogens is 655 g/mol. The van der Waals surface area contributed by atoms with Crippen LogP contribution in [0.25, 0.3) is 11.0 Å². The van der Waals surface area contributed by atoms with Crippen LogP contribution in [-0.4, -0.2) is 105 Å². The first-order valence-corrected chi connectivity index (χ1v) is 19.1. The van der Waals surface area contributed by atoms with Gasteiger partial charge in [0.05, 0.1) is 24.9 Å². The van der Waals surface area contributed by atoms with Crippen molar-refractivity contribution in [2.45, 2.75) is 102 Å². The minimum atomic E-state index is -0.582. The van der Waals surface area contributed by atoms with Crippen molar-refractivity contribution >= 4 is 34.4 Å². The minimum Gasteiger partial charge on any atom is -0.460 e. The first-order valence-electron chi connectivity index (χ1n) is 19.1. The maximum atomic E-state index is 14.2. The Morgan fingerprint density at radius 3 is 2.51 bits per heavy atom. The topological polar surface area (TPSA) is 137 Å². The van der Waals surface area contributed by atoms with Gasteiger partial charge >= 0.3 is 5.97 Å². The van der Waals surface area contributed by atoms with Crippen LogP contribution in [0.4, 0.5) is 10.1 Å². The largest absolute Gasteiger partial charge is 0.460 e. The first kappa shape index (κ1) is 37.7. The molecule has 2 aliphatic carbocycles. The summed E-state index contributed by atoms with van der Waals surface area (Å²) in [7, 11) is 1.75. The molecule has 3 atom stereocenters. The van der Waals surface area contributed by atoms with E-state index in [4.69, 9.17) is 24.4 Å². The van der Waals surface area contributed by atoms with Crippen molar-refractivity contribution in [3.05, 3.63) is 30.0 Å². The van der Waals surface area contributed by atoms with Gasteiger partial charge < -0.3 is 34.6 Å². The van der Waals surface area contributed by atoms with Crippen molar-refractivity contribution < 1.29 is 37.4 Å². The van der Waals surface area contributed by atoms with E-state index >= 15 is 0 Å². The number of fused-ring (bicyclic) bond motifs is 1. The van der Waals surface area contributed by atoms with E-state index in [9.17, 15) is 18.8 Å². The zero-order valence-electron chi connectivity index (χ0n) is 30.6. The summed E-state index contributed by atoms with van der Waals surface area (Å²) in [6, 6.07) is 5.88. The van der Waals surface area contributed by atoms with Gasteiger partial charge in [-0.1, -0.05) is 0 Å². The van der Waals surface area contributed by atoms with Crippen molar-refractivity contribution in [3.8, 4) is 0 Å². The number of benzene rings is 1. The Morgan fingerprint density at radius 2 is 1.80 bits per heavy atom. The Morgan fingerprint density at radius 1 is 1.04 bits per heavy atom. The Bertz CT molecular complexity index is 1500. The summed E-state index contributed by atoms with van der Waals surface area (Å²) in [6.07, 6.45) is 8.35. The average Bonchev–Trinajstić information content (AvgIpc) is 3.77. The Labute approximate surface area is 301 Å². The second kappa shape index (κ2) is 16.7. The number of furan rings is 1. The molecule has 4 fully saturated rings. The number of carbonyl (C=O) groups excluding carboxylic acids is 3. The summed E-state index contributed by atoms with van der Waals surface area (Å²) in [5.41, 5.74) is 6.90. The number of esters is 1. The van der Waals surface area contributed by atoms with Gasteiger partial charge in [-0.05, 0) is 120 Å². The quantitative estimate of drug-likeness (QED) is 0.214. The van der Waals surface area contributed by atoms with E-state index in [1.807, 2.05) is 4.90 Å². The molecule has 2 amide bonds. The van der Waals surface area contributed by atoms with E-state index in [1.165, 1.54) is 0 Å². The number of anilines is 1. The van der Waals surface area contributed by atoms with Gasteiger partial charge in [0.1, 0.15) is 18.3 Å². The number of hydrogen-bond acceptors (Lipinski definition) is 9. The van der Waals surface area contributed by atoms with Crippen LogP contribution in [0.2, 0.25) is 0 Å². The Balaban J connectivity index is 1.09. The number of morpholine rings is 1. The number of nitrogens with two attached hydrogens (primary N) is 1. The lowest BCUT2D eigenvalue weighted by Crippen LogP contribution is -2.50. The van der Waals surface area contributed by atoms with Gasteiger partial charge in [0, 0.05) is 56.3 Å². The van der Waals surface area contributed by atoms with E-state index in [0.717, 1.165) is 64.6 Å². The van der Waals surface area contributed by atoms with E-state index in [1.54, 1.807) is 31.4 Å². The van der Waals surface area contributed by atoms with Crippen LogP contribution in [-0.2, 0) is 23.8 Å². The zero-order chi connectivity index (χ0) is 36.1. The van der Waals surface area contributed by atoms with Crippen LogP contribution in [0.5, 0.6) is 0 Å². The molecule has 282 valence electrons. The zero-order valence-corrected chi connectivity index (χ0v) is 30.6. The van der Waals surface area contributed by atoms with Crippen molar-refractivity contribution in [1.29, 1.82) is 0 Å². The summed E-state index contributed by atoms with van der Waals surface area (Å²) in [5.74, 6) is -0.289. The van der Waals surface area contributed by atoms with E-state index in [0.29, 0.717) is 55.0 Å². The smallest absolute Gasteiger partial charge is 0.374 e. The third-order valence-electron chi connectivity index (χ3n) is 11.9. The number of alkyl halides is 1. The van der Waals surface area contributed by atoms with Crippen molar-refractivity contribution in [2.24, 2.45) is 29.4 Å². The molecule has 2 saturated carbocycles. The number of amides is 2. The van der Waals surface area contributed by atoms with Crippen LogP contribution < -0.4 is 11.1 Å². The second-order valence-corrected chi connectivity index (χ2v) is 15.9. The molecule has 2 aliphatic heterocycles. The van der Waals surface area contributed by atoms with Gasteiger partial charge in [0.25, 0.3) is 0 Å². The lowest BCUT2D eigenvalue weighted by Gasteiger charge is -2.38. The molecule has 51 heavy (non-hydrogen) atoms. The molecule has 3 heterocycles. The molecule has 4 aliphatic rings. The summed E-state index contributed by atoms with van der Waals surface area (Å²) < 4.78 is 36.0. The third kappa shape index (κ3) is 9.12. The number of nitrogens with zero attached hydrogens (tertiary/aromatic N) is 2. The summed E-state index contributed by atoms with van der Waals surface area (Å²) >= 11 is 0. The second-order valence-electron chi connectivity index (χ2n) is 15.9. The molecule has 6 rings (SSSR count). The van der Waals surface area contributed by atoms with Crippen molar-refractivity contribution in [1.82, 2.24) is 9.80 Å². The van der Waals surface area contributed by atoms with Crippen LogP contribution in [0, 0.1) is 23.7 Å². The standard InChI is InChI=1S/C39H57FN4O7/c1-39(2)24-43(18-20-50-39)16-4-19-49-38(47)34-22-28-21-29(11-14-33(28)51-34)42-36(45)35-31(25-9-12-30(48-3)13-10-25)15-17-44(35)37(46)27-7-5-26(6-8-27)32(41)23-40/h11,14,21-22,25-27,30-32,35H,4-10,12-13,15-20,23-24,41H2,1-3H3,(H,42,45)/t25?,26-,27-,30?,31-,32+,35-/m0/s1. The highest BCUT2D eigenvalue weighted by atomic mass is 19.1. The van der Waals surface area contributed by atoms with E-state index in [-0.39, 0.29) is 53.6 Å². The predicted molar refractivity (Wildman–Crippen MR) is 192 cm³/mol. The number of methoxy groups -OCH3 is 1. The lowest BCUT2D eigenvalue weighted by atomic mass is 9.75. The summed E-state index contributed by atoms with van der Waals surface area (Å²) in [6.45, 7) is 7.67. The van der Waals surface area contributed by atoms with Gasteiger partial charge in [-0.2, -0.15) is 0 Å². The molecule has 0 unspecified atom stereocenters. The number of rotatable bonds is 12. The van der Waals surface area contributed by atoms with Crippen molar-refractivity contribution in [3.63, 3.8) is 0 Å². The highest BCUT2D eigenvalue weighted by Crippen LogP contribution is 2.42. The molecule has 2 saturated heterocycles. The molecule has 12 heteroatoms. The molecule has 1 aromatic carbocycles. The Kier molecular flexibility index (Phi) is 12.4. The first-order chi connectivity index (χ1) is 24.5. The minimum absolute atomic E-state index is 0.0257. The third-order valence-corrected chi connectivity index (χ3v) is 11.9. The van der Waals surface area contributed by atoms with Gasteiger partial charge in [0.2, 0.25) is 17.6 Å². The van der Waals surface area contributed by atoms with E-state index in [2.05, 4.69) is 24.1 Å². The van der Waals surface area contributed by atoms with Gasteiger partial charge in [-0.25, -0.2) is 9.18 Å². The maximum absolute atomic E-state index is 14.2. The molecular formula is C39H57FN4O7. The molecule has 11 nitrogen and oxygen atoms in total. The monoisotopic (exact) mass is 712 g/mol. The number of nitrogens with one attached hydrogen (secondary N) is 1. The highest BCUT2D eigenvalue weighted by molar-refractivity contribution is 6.00. The highest BCUT2D eigenvalue weighted by Gasteiger charge is 2.47. The molecule has 3 N–H and O–H groups in total. The SMILES string of the molecule is COC1CCC([C@@H]2CCN(C(=O)[C@H]3CC[C@H]([C@H](N)CF)CC3)[C@@H]2C(=O)Nc2ccc3oc(C(=O)OCCCN4CCOC(C)(C)C4)cc3c2)CC1. The molecule has 1 aromatic heterocycles. The number of ether oxygens (including phenoxy) is 3. The van der Waals surface area contributed by atoms with Crippen LogP contribution in [0.1, 0.15) is 88.6 Å². The normalized spacial score (nSPS) is 29.2. The van der Waals surface area contributed by atoms with Crippen LogP contribution in [0.15, 0.2) is 28.7 Å². The number of hydrogen-bond donors (Lipinski definition) is 2. The van der Waals surface area contributed by atoms with Crippen molar-refractivity contribution in [2.75, 3.05) is 58.5 Å². The summed E-state index contributed by atoms with van der Waals surface area (Å²) in [5, 5.41) is 3.79. The molecule has 0 radical (unpaired) electrons. The van der Waals surface area contributed by atoms with Gasteiger partial charge in [0.15, 0.2) is 0 Å². The molecule has 2 aromatic rings. The number of halogens is 1. The van der Waals surface area contributed by atoms with Crippen LogP contribution >= 0.6 is 0 Å². The summed E-state index contributed by atoms with van der Waals surface area (Å²) in [4.78, 5) is 45.2. The van der Waals surface area contributed by atoms with Crippen LogP contribution in [0.3, 0.4) is 0 Å². The Hall–Kier alpha value is -3.06. The lowest BCUT2D eigenvalue weighted by molar-refractivity contribution is -0.142. The van der Waals surface area contributed by atoms with Gasteiger partial charge in [-0.3, -0.25) is 14.5 Å². The molecule has 0 bridgehead atoms. The fourth-order valence-electron chi connectivity index (χ4n) is 9.07. The average molecular weight is 713 g/mol. The fraction of sp³-hybridized carbons (Fsp3) is 0.718. The predicted octanol–water partition coefficient (Wildman–Crippen LogP) is 5.55. The maximum Gasteiger partial charge on any atom is 0.374 e. The fourth-order valence-corrected chi connectivity index (χ4v) is 9.07. The number of carbonyl (C=O) groups is 3. The van der Waals surface area contributed by atoms with Gasteiger partial charge in [-0.15, -0.1) is 0 Å². The molecule has 0 spiro atoms.